The fraction of sp³-hybridized carbons (Fsp3) is 0.261. The molecule has 4 aromatic rings. The van der Waals surface area contributed by atoms with Crippen molar-refractivity contribution in [3.63, 3.8) is 0 Å². The summed E-state index contributed by atoms with van der Waals surface area (Å²) in [6, 6.07) is 18.3. The zero-order chi connectivity index (χ0) is 21.1. The lowest BCUT2D eigenvalue weighted by Gasteiger charge is -2.19. The Labute approximate surface area is 176 Å². The van der Waals surface area contributed by atoms with Crippen LogP contribution in [-0.4, -0.2) is 33.7 Å². The lowest BCUT2D eigenvalue weighted by Crippen LogP contribution is -2.15. The van der Waals surface area contributed by atoms with Crippen molar-refractivity contribution in [2.45, 2.75) is 26.4 Å². The monoisotopic (exact) mass is 402 g/mol. The lowest BCUT2D eigenvalue weighted by molar-refractivity contribution is 0.414. The van der Waals surface area contributed by atoms with Crippen LogP contribution >= 0.6 is 0 Å². The summed E-state index contributed by atoms with van der Waals surface area (Å²) < 4.78 is 7.31. The van der Waals surface area contributed by atoms with Crippen LogP contribution in [0.25, 0.3) is 11.2 Å². The fourth-order valence-corrected chi connectivity index (χ4v) is 3.25. The molecule has 4 rings (SSSR count). The van der Waals surface area contributed by atoms with Crippen LogP contribution in [0.2, 0.25) is 0 Å². The van der Waals surface area contributed by atoms with Gasteiger partial charge in [0, 0.05) is 25.3 Å². The highest BCUT2D eigenvalue weighted by Crippen LogP contribution is 2.28. The van der Waals surface area contributed by atoms with Crippen LogP contribution in [0.4, 0.5) is 17.5 Å². The smallest absolute Gasteiger partial charge is 0.233 e. The van der Waals surface area contributed by atoms with Gasteiger partial charge in [-0.1, -0.05) is 30.3 Å². The standard InChI is InChI=1S/C23H26N6O/c1-16(2)29-15-25-20-21(24-14-17-10-12-19(30-4)13-11-17)26-23(27-22(20)29)28(3)18-8-6-5-7-9-18/h5-13,15-16H,14H2,1-4H3,(H,24,26,27). The van der Waals surface area contributed by atoms with Gasteiger partial charge in [-0.3, -0.25) is 0 Å². The first kappa shape index (κ1) is 19.7. The zero-order valence-corrected chi connectivity index (χ0v) is 17.7. The van der Waals surface area contributed by atoms with Crippen molar-refractivity contribution in [2.75, 3.05) is 24.4 Å². The van der Waals surface area contributed by atoms with Crippen LogP contribution in [0, 0.1) is 0 Å². The molecule has 0 aliphatic rings. The van der Waals surface area contributed by atoms with Crippen molar-refractivity contribution in [1.29, 1.82) is 0 Å². The highest BCUT2D eigenvalue weighted by molar-refractivity contribution is 5.85. The Balaban J connectivity index is 1.71. The van der Waals surface area contributed by atoms with Gasteiger partial charge in [-0.2, -0.15) is 9.97 Å². The maximum Gasteiger partial charge on any atom is 0.233 e. The van der Waals surface area contributed by atoms with Crippen LogP contribution < -0.4 is 15.0 Å². The van der Waals surface area contributed by atoms with E-state index in [4.69, 9.17) is 14.7 Å². The molecule has 2 aromatic heterocycles. The van der Waals surface area contributed by atoms with E-state index in [1.807, 2.05) is 72.9 Å². The highest BCUT2D eigenvalue weighted by Gasteiger charge is 2.17. The topological polar surface area (TPSA) is 68.1 Å². The van der Waals surface area contributed by atoms with E-state index in [9.17, 15) is 0 Å². The second-order valence-electron chi connectivity index (χ2n) is 7.39. The molecule has 30 heavy (non-hydrogen) atoms. The average molecular weight is 403 g/mol. The van der Waals surface area contributed by atoms with Gasteiger partial charge < -0.3 is 19.5 Å². The van der Waals surface area contributed by atoms with Crippen molar-refractivity contribution in [2.24, 2.45) is 0 Å². The minimum absolute atomic E-state index is 0.245. The molecule has 0 fully saturated rings. The third-order valence-corrected chi connectivity index (χ3v) is 5.03. The van der Waals surface area contributed by atoms with E-state index in [0.29, 0.717) is 18.3 Å². The summed E-state index contributed by atoms with van der Waals surface area (Å²) in [6.07, 6.45) is 1.83. The molecule has 0 unspecified atom stereocenters. The second-order valence-corrected chi connectivity index (χ2v) is 7.39. The first-order chi connectivity index (χ1) is 14.6. The van der Waals surface area contributed by atoms with Gasteiger partial charge in [0.05, 0.1) is 13.4 Å². The Morgan fingerprint density at radius 3 is 2.43 bits per heavy atom. The summed E-state index contributed by atoms with van der Waals surface area (Å²) in [4.78, 5) is 16.2. The number of ether oxygens (including phenoxy) is 1. The third kappa shape index (κ3) is 3.91. The minimum atomic E-state index is 0.245. The predicted octanol–water partition coefficient (Wildman–Crippen LogP) is 4.80. The number of hydrogen-bond acceptors (Lipinski definition) is 6. The number of hydrogen-bond donors (Lipinski definition) is 1. The first-order valence-electron chi connectivity index (χ1n) is 9.97. The minimum Gasteiger partial charge on any atom is -0.497 e. The predicted molar refractivity (Wildman–Crippen MR) is 121 cm³/mol. The molecule has 2 aromatic carbocycles. The first-order valence-corrected chi connectivity index (χ1v) is 9.97. The molecule has 0 bridgehead atoms. The van der Waals surface area contributed by atoms with E-state index in [0.717, 1.165) is 28.2 Å². The van der Waals surface area contributed by atoms with Crippen molar-refractivity contribution >= 4 is 28.6 Å². The molecule has 0 atom stereocenters. The Kier molecular flexibility index (Phi) is 5.52. The van der Waals surface area contributed by atoms with Gasteiger partial charge in [0.2, 0.25) is 5.95 Å². The molecule has 7 heteroatoms. The number of anilines is 3. The number of rotatable bonds is 7. The van der Waals surface area contributed by atoms with E-state index in [1.165, 1.54) is 0 Å². The lowest BCUT2D eigenvalue weighted by atomic mass is 10.2. The van der Waals surface area contributed by atoms with Crippen molar-refractivity contribution < 1.29 is 4.74 Å². The molecule has 0 saturated carbocycles. The van der Waals surface area contributed by atoms with Gasteiger partial charge in [-0.15, -0.1) is 0 Å². The molecule has 0 amide bonds. The Morgan fingerprint density at radius 1 is 1.03 bits per heavy atom. The molecular weight excluding hydrogens is 376 g/mol. The molecule has 0 aliphatic heterocycles. The summed E-state index contributed by atoms with van der Waals surface area (Å²) in [6.45, 7) is 4.86. The van der Waals surface area contributed by atoms with Gasteiger partial charge in [-0.05, 0) is 43.7 Å². The molecular formula is C23H26N6O. The van der Waals surface area contributed by atoms with Crippen LogP contribution in [0.3, 0.4) is 0 Å². The Hall–Kier alpha value is -3.61. The molecule has 2 heterocycles. The Bertz CT molecular complexity index is 1120. The van der Waals surface area contributed by atoms with Gasteiger partial charge in [0.1, 0.15) is 5.75 Å². The maximum atomic E-state index is 5.24. The number of aromatic nitrogens is 4. The quantitative estimate of drug-likeness (QED) is 0.479. The maximum absolute atomic E-state index is 5.24. The number of nitrogens with zero attached hydrogens (tertiary/aromatic N) is 5. The van der Waals surface area contributed by atoms with Crippen LogP contribution in [-0.2, 0) is 6.54 Å². The summed E-state index contributed by atoms with van der Waals surface area (Å²) in [5.41, 5.74) is 3.73. The van der Waals surface area contributed by atoms with E-state index in [1.54, 1.807) is 7.11 Å². The third-order valence-electron chi connectivity index (χ3n) is 5.03. The van der Waals surface area contributed by atoms with Crippen molar-refractivity contribution in [3.05, 3.63) is 66.5 Å². The number of nitrogens with one attached hydrogen (secondary N) is 1. The normalized spacial score (nSPS) is 11.1. The largest absolute Gasteiger partial charge is 0.497 e. The van der Waals surface area contributed by atoms with E-state index >= 15 is 0 Å². The van der Waals surface area contributed by atoms with Crippen LogP contribution in [0.15, 0.2) is 60.9 Å². The molecule has 7 nitrogen and oxygen atoms in total. The number of benzene rings is 2. The molecule has 0 aliphatic carbocycles. The zero-order valence-electron chi connectivity index (χ0n) is 17.7. The number of para-hydroxylation sites is 1. The summed E-state index contributed by atoms with van der Waals surface area (Å²) in [7, 11) is 3.64. The summed E-state index contributed by atoms with van der Waals surface area (Å²) >= 11 is 0. The fourth-order valence-electron chi connectivity index (χ4n) is 3.25. The number of methoxy groups -OCH3 is 1. The van der Waals surface area contributed by atoms with Crippen molar-refractivity contribution in [1.82, 2.24) is 19.5 Å². The molecule has 0 saturated heterocycles. The van der Waals surface area contributed by atoms with Crippen LogP contribution in [0.1, 0.15) is 25.5 Å². The molecule has 0 radical (unpaired) electrons. The van der Waals surface area contributed by atoms with Gasteiger partial charge in [-0.25, -0.2) is 4.98 Å². The number of imidazole rings is 1. The van der Waals surface area contributed by atoms with E-state index in [2.05, 4.69) is 28.7 Å². The van der Waals surface area contributed by atoms with Gasteiger partial charge in [0.15, 0.2) is 17.0 Å². The Morgan fingerprint density at radius 2 is 1.77 bits per heavy atom. The number of fused-ring (bicyclic) bond motifs is 1. The summed E-state index contributed by atoms with van der Waals surface area (Å²) in [5, 5.41) is 3.45. The SMILES string of the molecule is COc1ccc(CNc2nc(N(C)c3ccccc3)nc3c2ncn3C(C)C)cc1. The average Bonchev–Trinajstić information content (AvgIpc) is 3.22. The van der Waals surface area contributed by atoms with Gasteiger partial charge in [0.25, 0.3) is 0 Å². The van der Waals surface area contributed by atoms with Gasteiger partial charge >= 0.3 is 0 Å². The molecule has 0 spiro atoms. The van der Waals surface area contributed by atoms with E-state index < -0.39 is 0 Å². The molecule has 1 N–H and O–H groups in total. The highest BCUT2D eigenvalue weighted by atomic mass is 16.5. The van der Waals surface area contributed by atoms with Crippen molar-refractivity contribution in [3.8, 4) is 5.75 Å². The molecule has 154 valence electrons. The van der Waals surface area contributed by atoms with Crippen LogP contribution in [0.5, 0.6) is 5.75 Å². The second kappa shape index (κ2) is 8.41. The summed E-state index contributed by atoms with van der Waals surface area (Å²) in [5.74, 6) is 2.17. The van der Waals surface area contributed by atoms with E-state index in [-0.39, 0.29) is 6.04 Å².